The molecule has 2 aromatic rings. The smallest absolute Gasteiger partial charge is 0.335 e. The van der Waals surface area contributed by atoms with Crippen LogP contribution in [0.15, 0.2) is 36.4 Å². The Morgan fingerprint density at radius 1 is 1.17 bits per heavy atom. The van der Waals surface area contributed by atoms with E-state index < -0.39 is 5.97 Å². The average Bonchev–Trinajstić information content (AvgIpc) is 2.55. The Labute approximate surface area is 135 Å². The van der Waals surface area contributed by atoms with Gasteiger partial charge in [0.1, 0.15) is 0 Å². The summed E-state index contributed by atoms with van der Waals surface area (Å²) in [7, 11) is 1.61. The number of aryl methyl sites for hydroxylation is 1. The summed E-state index contributed by atoms with van der Waals surface area (Å²) in [5, 5.41) is 12.3. The molecule has 0 saturated heterocycles. The van der Waals surface area contributed by atoms with Gasteiger partial charge in [0.2, 0.25) is 0 Å². The lowest BCUT2D eigenvalue weighted by molar-refractivity contribution is 0.0697. The van der Waals surface area contributed by atoms with Crippen molar-refractivity contribution in [3.05, 3.63) is 53.1 Å². The number of carboxylic acids is 1. The molecule has 0 aromatic heterocycles. The number of benzene rings is 2. The van der Waals surface area contributed by atoms with Gasteiger partial charge in [-0.3, -0.25) is 0 Å². The Kier molecular flexibility index (Phi) is 5.46. The second-order valence-corrected chi connectivity index (χ2v) is 5.11. The van der Waals surface area contributed by atoms with Gasteiger partial charge in [-0.2, -0.15) is 0 Å². The predicted octanol–water partition coefficient (Wildman–Crippen LogP) is 3.71. The molecule has 0 atom stereocenters. The fourth-order valence-electron chi connectivity index (χ4n) is 2.24. The first kappa shape index (κ1) is 16.7. The van der Waals surface area contributed by atoms with E-state index >= 15 is 0 Å². The minimum Gasteiger partial charge on any atom is -0.493 e. The predicted molar refractivity (Wildman–Crippen MR) is 89.6 cm³/mol. The minimum atomic E-state index is -0.934. The van der Waals surface area contributed by atoms with Gasteiger partial charge in [-0.05, 0) is 49.2 Å². The van der Waals surface area contributed by atoms with Crippen LogP contribution < -0.4 is 14.8 Å². The van der Waals surface area contributed by atoms with Gasteiger partial charge in [0, 0.05) is 12.2 Å². The molecule has 0 radical (unpaired) electrons. The molecule has 0 spiro atoms. The molecule has 122 valence electrons. The molecule has 0 saturated carbocycles. The van der Waals surface area contributed by atoms with Crippen LogP contribution in [0, 0.1) is 6.92 Å². The first-order valence-corrected chi connectivity index (χ1v) is 7.42. The summed E-state index contributed by atoms with van der Waals surface area (Å²) in [5.74, 6) is 0.459. The van der Waals surface area contributed by atoms with Crippen LogP contribution in [0.5, 0.6) is 11.5 Å². The van der Waals surface area contributed by atoms with Gasteiger partial charge in [0.15, 0.2) is 11.5 Å². The molecule has 0 aliphatic heterocycles. The van der Waals surface area contributed by atoms with Crippen LogP contribution in [0.1, 0.15) is 28.4 Å². The van der Waals surface area contributed by atoms with E-state index in [1.807, 2.05) is 32.0 Å². The number of rotatable bonds is 7. The van der Waals surface area contributed by atoms with Crippen LogP contribution in [0.2, 0.25) is 0 Å². The lowest BCUT2D eigenvalue weighted by atomic mass is 10.1. The van der Waals surface area contributed by atoms with E-state index in [4.69, 9.17) is 14.6 Å². The van der Waals surface area contributed by atoms with Gasteiger partial charge in [0.25, 0.3) is 0 Å². The first-order chi connectivity index (χ1) is 11.0. The second kappa shape index (κ2) is 7.54. The van der Waals surface area contributed by atoms with Gasteiger partial charge < -0.3 is 19.9 Å². The van der Waals surface area contributed by atoms with Crippen molar-refractivity contribution < 1.29 is 19.4 Å². The van der Waals surface area contributed by atoms with Crippen LogP contribution in [0.4, 0.5) is 5.69 Å². The Morgan fingerprint density at radius 3 is 2.61 bits per heavy atom. The molecule has 0 aliphatic carbocycles. The van der Waals surface area contributed by atoms with Crippen molar-refractivity contribution in [2.75, 3.05) is 19.0 Å². The van der Waals surface area contributed by atoms with Gasteiger partial charge in [-0.25, -0.2) is 4.79 Å². The summed E-state index contributed by atoms with van der Waals surface area (Å²) >= 11 is 0. The normalized spacial score (nSPS) is 10.2. The first-order valence-electron chi connectivity index (χ1n) is 7.42. The Morgan fingerprint density at radius 2 is 1.96 bits per heavy atom. The number of carbonyl (C=O) groups is 1. The van der Waals surface area contributed by atoms with Crippen molar-refractivity contribution in [2.45, 2.75) is 20.4 Å². The van der Waals surface area contributed by atoms with Crippen molar-refractivity contribution in [1.29, 1.82) is 0 Å². The van der Waals surface area contributed by atoms with Crippen LogP contribution in [0.25, 0.3) is 0 Å². The number of methoxy groups -OCH3 is 1. The zero-order chi connectivity index (χ0) is 16.8. The molecular weight excluding hydrogens is 294 g/mol. The molecule has 0 unspecified atom stereocenters. The maximum Gasteiger partial charge on any atom is 0.335 e. The topological polar surface area (TPSA) is 67.8 Å². The number of hydrogen-bond donors (Lipinski definition) is 2. The highest BCUT2D eigenvalue weighted by Gasteiger charge is 2.08. The third-order valence-electron chi connectivity index (χ3n) is 3.50. The van der Waals surface area contributed by atoms with Gasteiger partial charge in [0.05, 0.1) is 19.3 Å². The van der Waals surface area contributed by atoms with Crippen molar-refractivity contribution in [2.24, 2.45) is 0 Å². The van der Waals surface area contributed by atoms with Crippen LogP contribution >= 0.6 is 0 Å². The molecule has 5 nitrogen and oxygen atoms in total. The number of anilines is 1. The summed E-state index contributed by atoms with van der Waals surface area (Å²) in [6, 6.07) is 10.8. The monoisotopic (exact) mass is 315 g/mol. The lowest BCUT2D eigenvalue weighted by Gasteiger charge is -2.13. The van der Waals surface area contributed by atoms with Crippen molar-refractivity contribution in [1.82, 2.24) is 0 Å². The molecule has 2 aromatic carbocycles. The molecule has 2 N–H and O–H groups in total. The fraction of sp³-hybridized carbons (Fsp3) is 0.278. The fourth-order valence-corrected chi connectivity index (χ4v) is 2.24. The molecule has 23 heavy (non-hydrogen) atoms. The third-order valence-corrected chi connectivity index (χ3v) is 3.50. The lowest BCUT2D eigenvalue weighted by Crippen LogP contribution is -2.04. The van der Waals surface area contributed by atoms with E-state index in [-0.39, 0.29) is 5.56 Å². The van der Waals surface area contributed by atoms with E-state index in [0.29, 0.717) is 24.7 Å². The second-order valence-electron chi connectivity index (χ2n) is 5.11. The van der Waals surface area contributed by atoms with E-state index in [2.05, 4.69) is 5.32 Å². The van der Waals surface area contributed by atoms with Gasteiger partial charge in [-0.1, -0.05) is 12.1 Å². The molecular formula is C18H21NO4. The van der Waals surface area contributed by atoms with Crippen LogP contribution in [0.3, 0.4) is 0 Å². The summed E-state index contributed by atoms with van der Waals surface area (Å²) in [4.78, 5) is 11.1. The van der Waals surface area contributed by atoms with E-state index in [0.717, 1.165) is 16.8 Å². The van der Waals surface area contributed by atoms with Crippen LogP contribution in [-0.2, 0) is 6.54 Å². The number of nitrogens with one attached hydrogen (secondary N) is 1. The summed E-state index contributed by atoms with van der Waals surface area (Å²) in [5.41, 5.74) is 3.08. The molecule has 2 rings (SSSR count). The van der Waals surface area contributed by atoms with E-state index in [1.165, 1.54) is 0 Å². The molecule has 0 amide bonds. The Hall–Kier alpha value is -2.69. The number of aromatic carboxylic acids is 1. The maximum atomic E-state index is 11.1. The molecule has 0 aliphatic rings. The molecule has 0 heterocycles. The number of hydrogen-bond acceptors (Lipinski definition) is 4. The van der Waals surface area contributed by atoms with Crippen molar-refractivity contribution in [3.63, 3.8) is 0 Å². The minimum absolute atomic E-state index is 0.266. The summed E-state index contributed by atoms with van der Waals surface area (Å²) < 4.78 is 10.8. The van der Waals surface area contributed by atoms with Crippen molar-refractivity contribution >= 4 is 11.7 Å². The Bertz CT molecular complexity index is 697. The highest BCUT2D eigenvalue weighted by molar-refractivity contribution is 5.89. The summed E-state index contributed by atoms with van der Waals surface area (Å²) in [6.45, 7) is 5.00. The van der Waals surface area contributed by atoms with Gasteiger partial charge in [-0.15, -0.1) is 0 Å². The zero-order valence-electron chi connectivity index (χ0n) is 13.6. The van der Waals surface area contributed by atoms with E-state index in [9.17, 15) is 4.79 Å². The Balaban J connectivity index is 2.14. The highest BCUT2D eigenvalue weighted by atomic mass is 16.5. The number of ether oxygens (including phenoxy) is 2. The SMILES string of the molecule is CCOc1ccc(CNc2cc(C(=O)O)ccc2C)cc1OC. The van der Waals surface area contributed by atoms with E-state index in [1.54, 1.807) is 25.3 Å². The third kappa shape index (κ3) is 4.16. The summed E-state index contributed by atoms with van der Waals surface area (Å²) in [6.07, 6.45) is 0. The quantitative estimate of drug-likeness (QED) is 0.815. The molecule has 5 heteroatoms. The highest BCUT2D eigenvalue weighted by Crippen LogP contribution is 2.28. The molecule has 0 bridgehead atoms. The van der Waals surface area contributed by atoms with Gasteiger partial charge >= 0.3 is 5.97 Å². The average molecular weight is 315 g/mol. The van der Waals surface area contributed by atoms with Crippen molar-refractivity contribution in [3.8, 4) is 11.5 Å². The standard InChI is InChI=1S/C18H21NO4/c1-4-23-16-8-6-13(9-17(16)22-3)11-19-15-10-14(18(20)21)7-5-12(15)2/h5-10,19H,4,11H2,1-3H3,(H,20,21). The van der Waals surface area contributed by atoms with Crippen LogP contribution in [-0.4, -0.2) is 24.8 Å². The molecule has 0 fully saturated rings. The number of carboxylic acid groups (broad SMARTS) is 1. The maximum absolute atomic E-state index is 11.1. The largest absolute Gasteiger partial charge is 0.493 e. The zero-order valence-corrected chi connectivity index (χ0v) is 13.6.